The fourth-order valence-corrected chi connectivity index (χ4v) is 7.44. The van der Waals surface area contributed by atoms with E-state index in [1.165, 1.54) is 26.3 Å². The van der Waals surface area contributed by atoms with Gasteiger partial charge in [0.25, 0.3) is 0 Å². The highest BCUT2D eigenvalue weighted by Gasteiger charge is 2.40. The molecule has 3 heterocycles. The van der Waals surface area contributed by atoms with Gasteiger partial charge in [0, 0.05) is 26.7 Å². The molecule has 3 aliphatic rings. The monoisotopic (exact) mass is 430 g/mol. The van der Waals surface area contributed by atoms with Crippen molar-refractivity contribution in [3.05, 3.63) is 45.8 Å². The molecule has 0 N–H and O–H groups in total. The van der Waals surface area contributed by atoms with Crippen LogP contribution >= 0.6 is 35.3 Å². The number of hydrogen-bond acceptors (Lipinski definition) is 6. The van der Waals surface area contributed by atoms with Crippen LogP contribution in [0.3, 0.4) is 0 Å². The van der Waals surface area contributed by atoms with Crippen LogP contribution in [0.15, 0.2) is 40.2 Å². The highest BCUT2D eigenvalue weighted by molar-refractivity contribution is 8.05. The first kappa shape index (κ1) is 19.1. The molecule has 1 aromatic heterocycles. The number of ether oxygens (including phenoxy) is 1. The Kier molecular flexibility index (Phi) is 5.04. The lowest BCUT2D eigenvalue weighted by Gasteiger charge is -2.45. The zero-order chi connectivity index (χ0) is 19.3. The number of morpholine rings is 1. The number of hydrogen-bond donors (Lipinski definition) is 0. The highest BCUT2D eigenvalue weighted by atomic mass is 32.2. The van der Waals surface area contributed by atoms with Gasteiger partial charge in [-0.2, -0.15) is 0 Å². The molecule has 28 heavy (non-hydrogen) atoms. The second-order valence-electron chi connectivity index (χ2n) is 8.74. The molecule has 3 nitrogen and oxygen atoms in total. The summed E-state index contributed by atoms with van der Waals surface area (Å²) in [6.45, 7) is 7.24. The maximum absolute atomic E-state index is 5.92. The molecular weight excluding hydrogens is 404 g/mol. The van der Waals surface area contributed by atoms with Gasteiger partial charge in [0.2, 0.25) is 0 Å². The largest absolute Gasteiger partial charge is 0.378 e. The smallest absolute Gasteiger partial charge is 0.0845 e. The summed E-state index contributed by atoms with van der Waals surface area (Å²) in [5.41, 5.74) is 3.15. The van der Waals surface area contributed by atoms with Crippen LogP contribution < -0.4 is 0 Å². The number of rotatable bonds is 3. The second-order valence-corrected chi connectivity index (χ2v) is 11.1. The Morgan fingerprint density at radius 2 is 2.11 bits per heavy atom. The third-order valence-corrected chi connectivity index (χ3v) is 8.60. The van der Waals surface area contributed by atoms with Crippen molar-refractivity contribution in [3.63, 3.8) is 0 Å². The van der Waals surface area contributed by atoms with E-state index in [0.29, 0.717) is 6.04 Å². The van der Waals surface area contributed by atoms with Crippen molar-refractivity contribution in [1.82, 2.24) is 10.0 Å². The minimum Gasteiger partial charge on any atom is -0.378 e. The standard InChI is InChI=1S/C22H26N2OS3/c1-22(2)10-18-21(19(26)11-22)28-14-24(18)23-7-8-25-12-16(23)9-15-13-27-20-6-4-3-5-17(15)20/h3-6,13,16H,7-12,14H2,1-2H3. The van der Waals surface area contributed by atoms with Crippen molar-refractivity contribution >= 4 is 50.3 Å². The van der Waals surface area contributed by atoms with Gasteiger partial charge >= 0.3 is 0 Å². The molecule has 0 spiro atoms. The number of hydrazine groups is 1. The molecule has 1 saturated heterocycles. The molecule has 1 aliphatic carbocycles. The zero-order valence-corrected chi connectivity index (χ0v) is 18.9. The fourth-order valence-electron chi connectivity index (χ4n) is 4.65. The molecule has 6 heteroatoms. The van der Waals surface area contributed by atoms with E-state index in [1.54, 1.807) is 0 Å². The van der Waals surface area contributed by atoms with Gasteiger partial charge in [-0.05, 0) is 47.1 Å². The fraction of sp³-hybridized carbons (Fsp3) is 0.500. The maximum Gasteiger partial charge on any atom is 0.0845 e. The van der Waals surface area contributed by atoms with Gasteiger partial charge in [0.05, 0.1) is 25.1 Å². The predicted molar refractivity (Wildman–Crippen MR) is 124 cm³/mol. The Labute approximate surface area is 180 Å². The Hall–Kier alpha value is -0.920. The number of allylic oxidation sites excluding steroid dienone is 2. The topological polar surface area (TPSA) is 15.7 Å². The van der Waals surface area contributed by atoms with E-state index < -0.39 is 0 Å². The first-order valence-electron chi connectivity index (χ1n) is 9.98. The first-order chi connectivity index (χ1) is 13.5. The molecule has 0 radical (unpaired) electrons. The van der Waals surface area contributed by atoms with Crippen LogP contribution in [0.25, 0.3) is 10.1 Å². The minimum absolute atomic E-state index is 0.254. The lowest BCUT2D eigenvalue weighted by molar-refractivity contribution is -0.104. The Bertz CT molecular complexity index is 948. The van der Waals surface area contributed by atoms with Gasteiger partial charge in [0.1, 0.15) is 0 Å². The third-order valence-electron chi connectivity index (χ3n) is 5.97. The molecule has 148 valence electrons. The summed E-state index contributed by atoms with van der Waals surface area (Å²) in [5, 5.41) is 8.85. The van der Waals surface area contributed by atoms with Crippen LogP contribution in [0.2, 0.25) is 0 Å². The third kappa shape index (κ3) is 3.43. The summed E-state index contributed by atoms with van der Waals surface area (Å²) in [4.78, 5) is 2.54. The average Bonchev–Trinajstić information content (AvgIpc) is 3.26. The van der Waals surface area contributed by atoms with Gasteiger partial charge in [-0.15, -0.1) is 11.3 Å². The SMILES string of the molecule is CC1(C)CC(=S)C2=C(C1)N(N1CCOCC1Cc1csc3ccccc13)CS2. The maximum atomic E-state index is 5.92. The number of thioether (sulfide) groups is 1. The predicted octanol–water partition coefficient (Wildman–Crippen LogP) is 5.47. The molecule has 0 bridgehead atoms. The Balaban J connectivity index is 1.43. The number of thiophene rings is 1. The van der Waals surface area contributed by atoms with E-state index in [0.717, 1.165) is 49.8 Å². The normalized spacial score (nSPS) is 25.6. The second kappa shape index (κ2) is 7.40. The van der Waals surface area contributed by atoms with Crippen LogP contribution in [0.1, 0.15) is 32.3 Å². The van der Waals surface area contributed by atoms with E-state index >= 15 is 0 Å². The summed E-state index contributed by atoms with van der Waals surface area (Å²) in [6.07, 6.45) is 3.18. The Morgan fingerprint density at radius 3 is 3.00 bits per heavy atom. The molecule has 2 aliphatic heterocycles. The molecular formula is C22H26N2OS3. The van der Waals surface area contributed by atoms with Crippen LogP contribution in [0.5, 0.6) is 0 Å². The van der Waals surface area contributed by atoms with E-state index in [4.69, 9.17) is 17.0 Å². The highest BCUT2D eigenvalue weighted by Crippen LogP contribution is 2.47. The minimum atomic E-state index is 0.254. The van der Waals surface area contributed by atoms with Crippen LogP contribution in [-0.4, -0.2) is 46.6 Å². The van der Waals surface area contributed by atoms with Crippen LogP contribution in [-0.2, 0) is 11.2 Å². The summed E-state index contributed by atoms with van der Waals surface area (Å²) in [6, 6.07) is 9.12. The molecule has 5 rings (SSSR count). The van der Waals surface area contributed by atoms with E-state index in [-0.39, 0.29) is 5.41 Å². The zero-order valence-electron chi connectivity index (χ0n) is 16.4. The van der Waals surface area contributed by atoms with Gasteiger partial charge in [0.15, 0.2) is 0 Å². The number of fused-ring (bicyclic) bond motifs is 1. The van der Waals surface area contributed by atoms with Crippen molar-refractivity contribution < 1.29 is 4.74 Å². The summed E-state index contributed by atoms with van der Waals surface area (Å²) in [7, 11) is 0. The van der Waals surface area contributed by atoms with Gasteiger partial charge in [-0.1, -0.05) is 56.0 Å². The average molecular weight is 431 g/mol. The molecule has 0 amide bonds. The van der Waals surface area contributed by atoms with Crippen molar-refractivity contribution in [1.29, 1.82) is 0 Å². The molecule has 1 fully saturated rings. The van der Waals surface area contributed by atoms with Gasteiger partial charge in [-0.3, -0.25) is 5.01 Å². The van der Waals surface area contributed by atoms with Crippen LogP contribution in [0.4, 0.5) is 0 Å². The van der Waals surface area contributed by atoms with Crippen molar-refractivity contribution in [2.45, 2.75) is 39.2 Å². The summed E-state index contributed by atoms with van der Waals surface area (Å²) < 4.78 is 7.29. The number of benzene rings is 1. The molecule has 0 saturated carbocycles. The quantitative estimate of drug-likeness (QED) is 0.599. The van der Waals surface area contributed by atoms with Crippen LogP contribution in [0, 0.1) is 5.41 Å². The van der Waals surface area contributed by atoms with Crippen molar-refractivity contribution in [2.24, 2.45) is 5.41 Å². The van der Waals surface area contributed by atoms with Gasteiger partial charge < -0.3 is 4.74 Å². The molecule has 1 atom stereocenters. The van der Waals surface area contributed by atoms with Crippen molar-refractivity contribution in [3.8, 4) is 0 Å². The lowest BCUT2D eigenvalue weighted by atomic mass is 9.79. The van der Waals surface area contributed by atoms with E-state index in [1.807, 2.05) is 23.1 Å². The van der Waals surface area contributed by atoms with Gasteiger partial charge in [-0.25, -0.2) is 5.01 Å². The summed E-state index contributed by atoms with van der Waals surface area (Å²) in [5.74, 6) is 0.988. The number of nitrogens with zero attached hydrogens (tertiary/aromatic N) is 2. The molecule has 2 aromatic rings. The lowest BCUT2D eigenvalue weighted by Crippen LogP contribution is -2.54. The molecule has 1 aromatic carbocycles. The van der Waals surface area contributed by atoms with E-state index in [9.17, 15) is 0 Å². The summed E-state index contributed by atoms with van der Waals surface area (Å²) >= 11 is 9.56. The van der Waals surface area contributed by atoms with Crippen molar-refractivity contribution in [2.75, 3.05) is 25.6 Å². The first-order valence-corrected chi connectivity index (χ1v) is 12.3. The molecule has 1 unspecified atom stereocenters. The Morgan fingerprint density at radius 1 is 1.25 bits per heavy atom. The number of thiocarbonyl (C=S) groups is 1. The van der Waals surface area contributed by atoms with E-state index in [2.05, 4.69) is 53.5 Å².